The lowest BCUT2D eigenvalue weighted by Gasteiger charge is -2.31. The highest BCUT2D eigenvalue weighted by molar-refractivity contribution is 5.42. The maximum absolute atomic E-state index is 6.15. The molecule has 0 amide bonds. The molecular weight excluding hydrogens is 288 g/mol. The summed E-state index contributed by atoms with van der Waals surface area (Å²) in [6.45, 7) is 5.80. The molecule has 1 fully saturated rings. The molecule has 23 heavy (non-hydrogen) atoms. The maximum Gasteiger partial charge on any atom is 0.127 e. The molecule has 130 valence electrons. The molecule has 0 bridgehead atoms. The molecule has 1 aromatic carbocycles. The molecule has 2 N–H and O–H groups in total. The van der Waals surface area contributed by atoms with Gasteiger partial charge >= 0.3 is 0 Å². The molecule has 4 heteroatoms. The first-order valence-corrected chi connectivity index (χ1v) is 9.05. The first-order valence-electron chi connectivity index (χ1n) is 9.05. The van der Waals surface area contributed by atoms with Crippen LogP contribution >= 0.6 is 0 Å². The molecule has 1 aromatic rings. The zero-order valence-corrected chi connectivity index (χ0v) is 14.7. The summed E-state index contributed by atoms with van der Waals surface area (Å²) in [6, 6.07) is 6.38. The molecule has 1 atom stereocenters. The molecule has 1 saturated heterocycles. The van der Waals surface area contributed by atoms with E-state index in [9.17, 15) is 0 Å². The number of hydrogen-bond donors (Lipinski definition) is 1. The Morgan fingerprint density at radius 3 is 2.52 bits per heavy atom. The van der Waals surface area contributed by atoms with Crippen LogP contribution in [0, 0.1) is 0 Å². The standard InChI is InChI=1S/C19H32N2O2/c1-3-4-13-23-19-14-16(22-2)9-10-17(19)18(15-20)21-11-7-5-6-8-12-21/h9-10,14,18H,3-8,11-13,15,20H2,1-2H3. The summed E-state index contributed by atoms with van der Waals surface area (Å²) in [4.78, 5) is 2.53. The smallest absolute Gasteiger partial charge is 0.127 e. The number of unbranched alkanes of at least 4 members (excludes halogenated alkanes) is 1. The number of benzene rings is 1. The number of rotatable bonds is 8. The lowest BCUT2D eigenvalue weighted by atomic mass is 10.0. The Balaban J connectivity index is 2.22. The van der Waals surface area contributed by atoms with Crippen LogP contribution in [0.1, 0.15) is 57.1 Å². The van der Waals surface area contributed by atoms with Gasteiger partial charge in [-0.25, -0.2) is 0 Å². The van der Waals surface area contributed by atoms with Gasteiger partial charge in [0.05, 0.1) is 19.8 Å². The first-order chi connectivity index (χ1) is 11.3. The van der Waals surface area contributed by atoms with Crippen LogP contribution in [-0.4, -0.2) is 38.3 Å². The molecule has 1 aliphatic heterocycles. The van der Waals surface area contributed by atoms with Crippen LogP contribution in [0.15, 0.2) is 18.2 Å². The summed E-state index contributed by atoms with van der Waals surface area (Å²) in [6.07, 6.45) is 7.38. The molecular formula is C19H32N2O2. The Kier molecular flexibility index (Phi) is 7.69. The van der Waals surface area contributed by atoms with Crippen LogP contribution < -0.4 is 15.2 Å². The normalized spacial score (nSPS) is 17.5. The topological polar surface area (TPSA) is 47.7 Å². The van der Waals surface area contributed by atoms with Gasteiger partial charge in [-0.05, 0) is 38.4 Å². The lowest BCUT2D eigenvalue weighted by Crippen LogP contribution is -2.34. The minimum absolute atomic E-state index is 0.232. The van der Waals surface area contributed by atoms with Gasteiger partial charge < -0.3 is 15.2 Å². The van der Waals surface area contributed by atoms with E-state index < -0.39 is 0 Å². The number of nitrogens with two attached hydrogens (primary N) is 1. The third-order valence-electron chi connectivity index (χ3n) is 4.64. The van der Waals surface area contributed by atoms with E-state index in [1.807, 2.05) is 12.1 Å². The van der Waals surface area contributed by atoms with Gasteiger partial charge in [0.15, 0.2) is 0 Å². The van der Waals surface area contributed by atoms with Gasteiger partial charge in [-0.3, -0.25) is 4.90 Å². The minimum atomic E-state index is 0.232. The third kappa shape index (κ3) is 5.11. The van der Waals surface area contributed by atoms with Crippen molar-refractivity contribution in [3.63, 3.8) is 0 Å². The summed E-state index contributed by atoms with van der Waals surface area (Å²) in [5.74, 6) is 1.77. The van der Waals surface area contributed by atoms with Crippen molar-refractivity contribution in [2.75, 3.05) is 33.4 Å². The monoisotopic (exact) mass is 320 g/mol. The predicted molar refractivity (Wildman–Crippen MR) is 95.2 cm³/mol. The number of hydrogen-bond acceptors (Lipinski definition) is 4. The van der Waals surface area contributed by atoms with E-state index in [2.05, 4.69) is 17.9 Å². The van der Waals surface area contributed by atoms with E-state index in [4.69, 9.17) is 15.2 Å². The van der Waals surface area contributed by atoms with Crippen molar-refractivity contribution < 1.29 is 9.47 Å². The number of nitrogens with zero attached hydrogens (tertiary/aromatic N) is 1. The van der Waals surface area contributed by atoms with E-state index >= 15 is 0 Å². The second-order valence-corrected chi connectivity index (χ2v) is 6.31. The fraction of sp³-hybridized carbons (Fsp3) is 0.684. The zero-order chi connectivity index (χ0) is 16.5. The van der Waals surface area contributed by atoms with Crippen molar-refractivity contribution in [2.24, 2.45) is 5.73 Å². The highest BCUT2D eigenvalue weighted by atomic mass is 16.5. The predicted octanol–water partition coefficient (Wildman–Crippen LogP) is 3.75. The lowest BCUT2D eigenvalue weighted by molar-refractivity contribution is 0.202. The van der Waals surface area contributed by atoms with E-state index in [-0.39, 0.29) is 6.04 Å². The van der Waals surface area contributed by atoms with Crippen molar-refractivity contribution in [3.8, 4) is 11.5 Å². The van der Waals surface area contributed by atoms with Crippen LogP contribution in [0.25, 0.3) is 0 Å². The molecule has 2 rings (SSSR count). The summed E-state index contributed by atoms with van der Waals surface area (Å²) < 4.78 is 11.4. The Labute approximate surface area is 140 Å². The van der Waals surface area contributed by atoms with Crippen molar-refractivity contribution >= 4 is 0 Å². The molecule has 1 aliphatic rings. The highest BCUT2D eigenvalue weighted by Gasteiger charge is 2.23. The van der Waals surface area contributed by atoms with Gasteiger partial charge in [-0.1, -0.05) is 32.3 Å². The quantitative estimate of drug-likeness (QED) is 0.741. The number of methoxy groups -OCH3 is 1. The van der Waals surface area contributed by atoms with Gasteiger partial charge in [0.1, 0.15) is 11.5 Å². The van der Waals surface area contributed by atoms with Gasteiger partial charge in [0.25, 0.3) is 0 Å². The van der Waals surface area contributed by atoms with Crippen molar-refractivity contribution in [3.05, 3.63) is 23.8 Å². The third-order valence-corrected chi connectivity index (χ3v) is 4.64. The Morgan fingerprint density at radius 1 is 1.17 bits per heavy atom. The second-order valence-electron chi connectivity index (χ2n) is 6.31. The van der Waals surface area contributed by atoms with Gasteiger partial charge in [0, 0.05) is 18.2 Å². The molecule has 0 saturated carbocycles. The summed E-state index contributed by atoms with van der Waals surface area (Å²) in [5.41, 5.74) is 7.35. The fourth-order valence-electron chi connectivity index (χ4n) is 3.25. The maximum atomic E-state index is 6.15. The van der Waals surface area contributed by atoms with Gasteiger partial charge in [-0.15, -0.1) is 0 Å². The van der Waals surface area contributed by atoms with E-state index in [1.54, 1.807) is 7.11 Å². The summed E-state index contributed by atoms with van der Waals surface area (Å²) in [7, 11) is 1.69. The summed E-state index contributed by atoms with van der Waals surface area (Å²) in [5, 5.41) is 0. The van der Waals surface area contributed by atoms with E-state index in [0.29, 0.717) is 6.54 Å². The average molecular weight is 320 g/mol. The molecule has 0 aliphatic carbocycles. The molecule has 0 aromatic heterocycles. The van der Waals surface area contributed by atoms with Gasteiger partial charge in [-0.2, -0.15) is 0 Å². The number of ether oxygens (including phenoxy) is 2. The second kappa shape index (κ2) is 9.78. The largest absolute Gasteiger partial charge is 0.497 e. The Morgan fingerprint density at radius 2 is 1.91 bits per heavy atom. The van der Waals surface area contributed by atoms with Crippen molar-refractivity contribution in [2.45, 2.75) is 51.5 Å². The molecule has 1 heterocycles. The van der Waals surface area contributed by atoms with E-state index in [0.717, 1.165) is 44.0 Å². The van der Waals surface area contributed by atoms with Crippen LogP contribution in [0.3, 0.4) is 0 Å². The molecule has 4 nitrogen and oxygen atoms in total. The number of likely N-dealkylation sites (tertiary alicyclic amines) is 1. The van der Waals surface area contributed by atoms with Crippen molar-refractivity contribution in [1.82, 2.24) is 4.90 Å². The fourth-order valence-corrected chi connectivity index (χ4v) is 3.25. The Hall–Kier alpha value is -1.26. The highest BCUT2D eigenvalue weighted by Crippen LogP contribution is 2.33. The van der Waals surface area contributed by atoms with Crippen LogP contribution in [0.5, 0.6) is 11.5 Å². The minimum Gasteiger partial charge on any atom is -0.497 e. The van der Waals surface area contributed by atoms with E-state index in [1.165, 1.54) is 31.2 Å². The summed E-state index contributed by atoms with van der Waals surface area (Å²) >= 11 is 0. The Bertz CT molecular complexity index is 457. The average Bonchev–Trinajstić information content (AvgIpc) is 2.86. The molecule has 1 unspecified atom stereocenters. The SMILES string of the molecule is CCCCOc1cc(OC)ccc1C(CN)N1CCCCCC1. The molecule has 0 spiro atoms. The van der Waals surface area contributed by atoms with Crippen LogP contribution in [0.2, 0.25) is 0 Å². The van der Waals surface area contributed by atoms with Crippen LogP contribution in [-0.2, 0) is 0 Å². The van der Waals surface area contributed by atoms with Gasteiger partial charge in [0.2, 0.25) is 0 Å². The first kappa shape index (κ1) is 18.1. The van der Waals surface area contributed by atoms with Crippen LogP contribution in [0.4, 0.5) is 0 Å². The molecule has 0 radical (unpaired) electrons. The zero-order valence-electron chi connectivity index (χ0n) is 14.7. The van der Waals surface area contributed by atoms with Crippen molar-refractivity contribution in [1.29, 1.82) is 0 Å².